The van der Waals surface area contributed by atoms with E-state index in [1.54, 1.807) is 0 Å². The van der Waals surface area contributed by atoms with Crippen molar-refractivity contribution in [2.75, 3.05) is 19.6 Å². The van der Waals surface area contributed by atoms with Crippen LogP contribution < -0.4 is 5.73 Å². The highest BCUT2D eigenvalue weighted by atomic mass is 15.2. The molecule has 1 aromatic carbocycles. The largest absolute Gasteiger partial charge is 0.329 e. The van der Waals surface area contributed by atoms with Crippen molar-refractivity contribution in [2.45, 2.75) is 32.7 Å². The minimum Gasteiger partial charge on any atom is -0.329 e. The summed E-state index contributed by atoms with van der Waals surface area (Å²) >= 11 is 0. The molecule has 0 saturated carbocycles. The normalized spacial score (nSPS) is 20.5. The number of aromatic nitrogens is 1. The average Bonchev–Trinajstić information content (AvgIpc) is 2.50. The smallest absolute Gasteiger partial charge is 0.0491 e. The van der Waals surface area contributed by atoms with E-state index in [-0.39, 0.29) is 6.04 Å². The summed E-state index contributed by atoms with van der Waals surface area (Å²) in [6.07, 6.45) is 6.41. The first-order valence-electron chi connectivity index (χ1n) is 7.87. The maximum atomic E-state index is 6.12. The third kappa shape index (κ3) is 2.94. The van der Waals surface area contributed by atoms with E-state index >= 15 is 0 Å². The molecule has 1 saturated heterocycles. The summed E-state index contributed by atoms with van der Waals surface area (Å²) in [5.41, 5.74) is 7.86. The summed E-state index contributed by atoms with van der Waals surface area (Å²) in [5.74, 6) is 0. The van der Waals surface area contributed by atoms with Crippen LogP contribution in [0.2, 0.25) is 0 Å². The molecule has 3 heteroatoms. The summed E-state index contributed by atoms with van der Waals surface area (Å²) in [6, 6.07) is 8.74. The molecule has 2 heterocycles. The van der Waals surface area contributed by atoms with Gasteiger partial charge in [-0.3, -0.25) is 9.88 Å². The number of hydrogen-bond acceptors (Lipinski definition) is 3. The Morgan fingerprint density at radius 1 is 1.19 bits per heavy atom. The second-order valence-electron chi connectivity index (χ2n) is 6.90. The molecule has 1 aliphatic heterocycles. The van der Waals surface area contributed by atoms with Crippen LogP contribution in [-0.2, 0) is 0 Å². The van der Waals surface area contributed by atoms with Crippen molar-refractivity contribution in [3.8, 4) is 0 Å². The highest BCUT2D eigenvalue weighted by molar-refractivity contribution is 5.85. The molecule has 0 aliphatic carbocycles. The van der Waals surface area contributed by atoms with Crippen molar-refractivity contribution < 1.29 is 0 Å². The zero-order valence-electron chi connectivity index (χ0n) is 13.0. The van der Waals surface area contributed by atoms with Crippen molar-refractivity contribution in [3.63, 3.8) is 0 Å². The molecule has 21 heavy (non-hydrogen) atoms. The van der Waals surface area contributed by atoms with Crippen LogP contribution >= 0.6 is 0 Å². The number of benzene rings is 1. The minimum absolute atomic E-state index is 0.277. The number of pyridine rings is 1. The molecule has 1 aliphatic rings. The molecule has 1 unspecified atom stereocenters. The van der Waals surface area contributed by atoms with Gasteiger partial charge in [0.2, 0.25) is 0 Å². The zero-order chi connectivity index (χ0) is 14.9. The highest BCUT2D eigenvalue weighted by Gasteiger charge is 2.30. The summed E-state index contributed by atoms with van der Waals surface area (Å²) < 4.78 is 0. The third-order valence-corrected chi connectivity index (χ3v) is 4.87. The third-order valence-electron chi connectivity index (χ3n) is 4.87. The standard InChI is InChI=1S/C18H25N3/c1-18(2)7-9-21(10-8-18)17(11-19)16-13-20-12-14-5-3-4-6-15(14)16/h3-6,12-13,17H,7-11,19H2,1-2H3. The first-order chi connectivity index (χ1) is 10.1. The number of rotatable bonds is 3. The molecule has 3 rings (SSSR count). The number of likely N-dealkylation sites (tertiary alicyclic amines) is 1. The van der Waals surface area contributed by atoms with E-state index in [9.17, 15) is 0 Å². The van der Waals surface area contributed by atoms with Crippen molar-refractivity contribution in [3.05, 3.63) is 42.2 Å². The van der Waals surface area contributed by atoms with Gasteiger partial charge in [-0.05, 0) is 42.3 Å². The summed E-state index contributed by atoms with van der Waals surface area (Å²) in [5, 5.41) is 2.48. The van der Waals surface area contributed by atoms with Gasteiger partial charge in [-0.25, -0.2) is 0 Å². The van der Waals surface area contributed by atoms with Crippen LogP contribution in [0.15, 0.2) is 36.7 Å². The summed E-state index contributed by atoms with van der Waals surface area (Å²) in [6.45, 7) is 7.62. The fourth-order valence-corrected chi connectivity index (χ4v) is 3.32. The molecule has 0 amide bonds. The molecule has 0 bridgehead atoms. The van der Waals surface area contributed by atoms with Gasteiger partial charge in [0.05, 0.1) is 0 Å². The second kappa shape index (κ2) is 5.74. The lowest BCUT2D eigenvalue weighted by Gasteiger charge is -2.41. The first kappa shape index (κ1) is 14.5. The van der Waals surface area contributed by atoms with Gasteiger partial charge in [0, 0.05) is 30.4 Å². The van der Waals surface area contributed by atoms with Crippen molar-refractivity contribution in [1.29, 1.82) is 0 Å². The van der Waals surface area contributed by atoms with E-state index in [4.69, 9.17) is 5.73 Å². The Balaban J connectivity index is 1.92. The van der Waals surface area contributed by atoms with E-state index in [0.29, 0.717) is 12.0 Å². The Kier molecular flexibility index (Phi) is 3.96. The zero-order valence-corrected chi connectivity index (χ0v) is 13.0. The van der Waals surface area contributed by atoms with Gasteiger partial charge in [0.15, 0.2) is 0 Å². The minimum atomic E-state index is 0.277. The molecular weight excluding hydrogens is 258 g/mol. The molecule has 2 aromatic rings. The molecule has 1 atom stereocenters. The fraction of sp³-hybridized carbons (Fsp3) is 0.500. The maximum Gasteiger partial charge on any atom is 0.0491 e. The van der Waals surface area contributed by atoms with E-state index in [0.717, 1.165) is 13.1 Å². The van der Waals surface area contributed by atoms with Crippen molar-refractivity contribution in [2.24, 2.45) is 11.1 Å². The molecular formula is C18H25N3. The Hall–Kier alpha value is -1.45. The Labute approximate surface area is 127 Å². The predicted molar refractivity (Wildman–Crippen MR) is 88.1 cm³/mol. The van der Waals surface area contributed by atoms with Crippen LogP contribution in [0.1, 0.15) is 38.3 Å². The van der Waals surface area contributed by atoms with Crippen LogP contribution in [0.25, 0.3) is 10.8 Å². The van der Waals surface area contributed by atoms with Gasteiger partial charge >= 0.3 is 0 Å². The molecule has 1 aromatic heterocycles. The number of fused-ring (bicyclic) bond motifs is 1. The first-order valence-corrected chi connectivity index (χ1v) is 7.87. The Morgan fingerprint density at radius 2 is 1.90 bits per heavy atom. The highest BCUT2D eigenvalue weighted by Crippen LogP contribution is 2.35. The SMILES string of the molecule is CC1(C)CCN(C(CN)c2cncc3ccccc23)CC1. The van der Waals surface area contributed by atoms with Crippen LogP contribution in [-0.4, -0.2) is 29.5 Å². The van der Waals surface area contributed by atoms with Gasteiger partial charge in [0.1, 0.15) is 0 Å². The Bertz CT molecular complexity index is 605. The molecule has 3 nitrogen and oxygen atoms in total. The van der Waals surface area contributed by atoms with Gasteiger partial charge < -0.3 is 5.73 Å². The number of piperidine rings is 1. The lowest BCUT2D eigenvalue weighted by molar-refractivity contribution is 0.0968. The molecule has 1 fully saturated rings. The van der Waals surface area contributed by atoms with Crippen molar-refractivity contribution in [1.82, 2.24) is 9.88 Å². The topological polar surface area (TPSA) is 42.1 Å². The predicted octanol–water partition coefficient (Wildman–Crippen LogP) is 3.36. The molecule has 112 valence electrons. The van der Waals surface area contributed by atoms with Gasteiger partial charge in [-0.15, -0.1) is 0 Å². The van der Waals surface area contributed by atoms with Crippen LogP contribution in [0, 0.1) is 5.41 Å². The molecule has 2 N–H and O–H groups in total. The number of nitrogens with zero attached hydrogens (tertiary/aromatic N) is 2. The second-order valence-corrected chi connectivity index (χ2v) is 6.90. The van der Waals surface area contributed by atoms with E-state index in [1.165, 1.54) is 29.2 Å². The number of nitrogens with two attached hydrogens (primary N) is 1. The maximum absolute atomic E-state index is 6.12. The van der Waals surface area contributed by atoms with Gasteiger partial charge in [0.25, 0.3) is 0 Å². The van der Waals surface area contributed by atoms with Gasteiger partial charge in [-0.2, -0.15) is 0 Å². The lowest BCUT2D eigenvalue weighted by Crippen LogP contribution is -2.42. The summed E-state index contributed by atoms with van der Waals surface area (Å²) in [4.78, 5) is 6.96. The Morgan fingerprint density at radius 3 is 2.62 bits per heavy atom. The molecule has 0 radical (unpaired) electrons. The number of hydrogen-bond donors (Lipinski definition) is 1. The van der Waals surface area contributed by atoms with E-state index < -0.39 is 0 Å². The average molecular weight is 283 g/mol. The summed E-state index contributed by atoms with van der Waals surface area (Å²) in [7, 11) is 0. The quantitative estimate of drug-likeness (QED) is 0.939. The van der Waals surface area contributed by atoms with Crippen LogP contribution in [0.5, 0.6) is 0 Å². The monoisotopic (exact) mass is 283 g/mol. The van der Waals surface area contributed by atoms with Crippen molar-refractivity contribution >= 4 is 10.8 Å². The van der Waals surface area contributed by atoms with E-state index in [1.807, 2.05) is 12.4 Å². The molecule has 0 spiro atoms. The van der Waals surface area contributed by atoms with Gasteiger partial charge in [-0.1, -0.05) is 38.1 Å². The lowest BCUT2D eigenvalue weighted by atomic mass is 9.82. The van der Waals surface area contributed by atoms with E-state index in [2.05, 4.69) is 48.0 Å². The fourth-order valence-electron chi connectivity index (χ4n) is 3.32. The van der Waals surface area contributed by atoms with Crippen LogP contribution in [0.4, 0.5) is 0 Å². The van der Waals surface area contributed by atoms with Crippen LogP contribution in [0.3, 0.4) is 0 Å².